The molecule has 1 N–H and O–H groups in total. The minimum atomic E-state index is -1.11. The molecular formula is C30H37BrN4O5. The molecule has 40 heavy (non-hydrogen) atoms. The van der Waals surface area contributed by atoms with Crippen molar-refractivity contribution >= 4 is 39.5 Å². The van der Waals surface area contributed by atoms with Gasteiger partial charge in [0.25, 0.3) is 5.91 Å². The zero-order chi connectivity index (χ0) is 28.4. The fraction of sp³-hybridized carbons (Fsp3) is 0.500. The topological polar surface area (TPSA) is 93.6 Å². The highest BCUT2D eigenvalue weighted by Crippen LogP contribution is 2.31. The van der Waals surface area contributed by atoms with E-state index in [0.29, 0.717) is 45.0 Å². The third-order valence-electron chi connectivity index (χ3n) is 8.17. The number of hydrogen-bond acceptors (Lipinski definition) is 5. The predicted molar refractivity (Wildman–Crippen MR) is 156 cm³/mol. The molecule has 0 saturated carbocycles. The molecule has 0 radical (unpaired) electrons. The summed E-state index contributed by atoms with van der Waals surface area (Å²) in [5, 5.41) is 9.18. The number of carboxylic acid groups (broad SMARTS) is 1. The van der Waals surface area contributed by atoms with Crippen molar-refractivity contribution < 1.29 is 24.2 Å². The van der Waals surface area contributed by atoms with Gasteiger partial charge in [0.15, 0.2) is 5.60 Å². The number of ether oxygens (including phenoxy) is 1. The van der Waals surface area contributed by atoms with Crippen LogP contribution in [0.4, 0.5) is 10.5 Å². The zero-order valence-corrected chi connectivity index (χ0v) is 24.7. The molecule has 3 aliphatic rings. The van der Waals surface area contributed by atoms with Gasteiger partial charge in [-0.15, -0.1) is 0 Å². The Hall–Kier alpha value is -3.27. The number of halogens is 1. The van der Waals surface area contributed by atoms with Crippen LogP contribution in [-0.4, -0.2) is 89.1 Å². The monoisotopic (exact) mass is 612 g/mol. The highest BCUT2D eigenvalue weighted by molar-refractivity contribution is 9.10. The highest BCUT2D eigenvalue weighted by atomic mass is 79.9. The van der Waals surface area contributed by atoms with Crippen LogP contribution in [0.1, 0.15) is 37.8 Å². The number of benzene rings is 2. The lowest BCUT2D eigenvalue weighted by Gasteiger charge is -2.38. The first-order valence-corrected chi connectivity index (χ1v) is 14.8. The maximum atomic E-state index is 13.5. The number of hydrogen-bond donors (Lipinski definition) is 1. The zero-order valence-electron chi connectivity index (χ0n) is 23.1. The second-order valence-electron chi connectivity index (χ2n) is 11.4. The van der Waals surface area contributed by atoms with Crippen LogP contribution in [0.25, 0.3) is 0 Å². The van der Waals surface area contributed by atoms with Crippen molar-refractivity contribution in [2.75, 3.05) is 50.7 Å². The van der Waals surface area contributed by atoms with E-state index in [2.05, 4.69) is 33.0 Å². The third-order valence-corrected chi connectivity index (χ3v) is 8.66. The van der Waals surface area contributed by atoms with Crippen LogP contribution in [0.3, 0.4) is 0 Å². The van der Waals surface area contributed by atoms with Gasteiger partial charge in [-0.1, -0.05) is 28.1 Å². The van der Waals surface area contributed by atoms with Gasteiger partial charge in [0.05, 0.1) is 5.92 Å². The summed E-state index contributed by atoms with van der Waals surface area (Å²) in [7, 11) is 0. The van der Waals surface area contributed by atoms with Gasteiger partial charge in [-0.3, -0.25) is 9.59 Å². The van der Waals surface area contributed by atoms with E-state index < -0.39 is 11.7 Å². The Bertz CT molecular complexity index is 1280. The number of piperazine rings is 1. The first-order valence-electron chi connectivity index (χ1n) is 14.0. The van der Waals surface area contributed by atoms with E-state index in [-0.39, 0.29) is 17.7 Å². The summed E-state index contributed by atoms with van der Waals surface area (Å²) in [6.07, 6.45) is 1.73. The van der Waals surface area contributed by atoms with E-state index in [1.54, 1.807) is 18.7 Å². The summed E-state index contributed by atoms with van der Waals surface area (Å²) >= 11 is 3.55. The van der Waals surface area contributed by atoms with Gasteiger partial charge in [-0.05, 0) is 68.5 Å². The van der Waals surface area contributed by atoms with E-state index in [4.69, 9.17) is 4.74 Å². The van der Waals surface area contributed by atoms with Crippen LogP contribution in [-0.2, 0) is 22.6 Å². The van der Waals surface area contributed by atoms with Gasteiger partial charge in [0.2, 0.25) is 5.91 Å². The van der Waals surface area contributed by atoms with Gasteiger partial charge in [0, 0.05) is 68.6 Å². The van der Waals surface area contributed by atoms with Crippen molar-refractivity contribution in [1.29, 1.82) is 0 Å². The van der Waals surface area contributed by atoms with Crippen LogP contribution in [0.2, 0.25) is 0 Å². The molecule has 0 aromatic heterocycles. The number of carbonyl (C=O) groups is 3. The molecule has 2 aromatic rings. The molecule has 2 fully saturated rings. The van der Waals surface area contributed by atoms with Crippen LogP contribution >= 0.6 is 15.9 Å². The summed E-state index contributed by atoms with van der Waals surface area (Å²) in [6, 6.07) is 14.0. The predicted octanol–water partition coefficient (Wildman–Crippen LogP) is 4.23. The summed E-state index contributed by atoms with van der Waals surface area (Å²) in [5.41, 5.74) is 2.40. The fourth-order valence-corrected chi connectivity index (χ4v) is 6.35. The van der Waals surface area contributed by atoms with E-state index in [0.717, 1.165) is 42.5 Å². The lowest BCUT2D eigenvalue weighted by Crippen LogP contribution is -2.56. The number of amides is 3. The maximum absolute atomic E-state index is 13.5. The van der Waals surface area contributed by atoms with Gasteiger partial charge >= 0.3 is 6.09 Å². The molecule has 0 aliphatic carbocycles. The van der Waals surface area contributed by atoms with Crippen molar-refractivity contribution in [1.82, 2.24) is 14.7 Å². The van der Waals surface area contributed by atoms with E-state index in [9.17, 15) is 19.5 Å². The Morgan fingerprint density at radius 1 is 0.925 bits per heavy atom. The molecule has 214 valence electrons. The van der Waals surface area contributed by atoms with E-state index in [1.807, 2.05) is 35.2 Å². The quantitative estimate of drug-likeness (QED) is 0.543. The molecule has 3 aliphatic heterocycles. The number of piperidine rings is 1. The van der Waals surface area contributed by atoms with E-state index in [1.165, 1.54) is 16.0 Å². The first-order chi connectivity index (χ1) is 19.1. The SMILES string of the molecule is CC(C)(Oc1cccc(N2CCC[C@@H](C(=O)N3CCc4cc(Br)ccc4C3)C2)c1)C(=O)N1CCN(C(=O)O)CC1. The highest BCUT2D eigenvalue weighted by Gasteiger charge is 2.37. The van der Waals surface area contributed by atoms with E-state index >= 15 is 0 Å². The molecule has 1 atom stereocenters. The molecular weight excluding hydrogens is 576 g/mol. The van der Waals surface area contributed by atoms with Crippen molar-refractivity contribution in [3.8, 4) is 5.75 Å². The molecule has 9 nitrogen and oxygen atoms in total. The Labute approximate surface area is 243 Å². The van der Waals surface area contributed by atoms with Crippen LogP contribution in [0, 0.1) is 5.92 Å². The maximum Gasteiger partial charge on any atom is 0.407 e. The van der Waals surface area contributed by atoms with Crippen LogP contribution in [0.5, 0.6) is 5.75 Å². The Morgan fingerprint density at radius 2 is 1.68 bits per heavy atom. The lowest BCUT2D eigenvalue weighted by atomic mass is 9.93. The van der Waals surface area contributed by atoms with Crippen molar-refractivity contribution in [2.24, 2.45) is 5.92 Å². The normalized spacial score (nSPS) is 19.7. The first kappa shape index (κ1) is 28.3. The second kappa shape index (κ2) is 11.7. The Balaban J connectivity index is 1.21. The van der Waals surface area contributed by atoms with Gasteiger partial charge < -0.3 is 29.4 Å². The van der Waals surface area contributed by atoms with Crippen LogP contribution < -0.4 is 9.64 Å². The van der Waals surface area contributed by atoms with Crippen molar-refractivity contribution in [2.45, 2.75) is 45.3 Å². The fourth-order valence-electron chi connectivity index (χ4n) is 5.94. The number of anilines is 1. The van der Waals surface area contributed by atoms with Gasteiger partial charge in [-0.25, -0.2) is 4.79 Å². The molecule has 0 spiro atoms. The molecule has 2 aromatic carbocycles. The molecule has 0 unspecified atom stereocenters. The standard InChI is InChI=1S/C30H37BrN4O5/c1-30(2,28(37)32-13-15-33(16-14-32)29(38)39)40-26-7-3-6-25(18-26)34-11-4-5-23(20-34)27(36)35-12-10-21-17-24(31)9-8-22(21)19-35/h3,6-9,17-18,23H,4-5,10-16,19-20H2,1-2H3,(H,38,39)/t23-/m1/s1. The lowest BCUT2D eigenvalue weighted by molar-refractivity contribution is -0.147. The smallest absolute Gasteiger partial charge is 0.407 e. The number of carbonyl (C=O) groups excluding carboxylic acids is 2. The summed E-state index contributed by atoms with van der Waals surface area (Å²) in [6.45, 7) is 7.71. The third kappa shape index (κ3) is 6.22. The second-order valence-corrected chi connectivity index (χ2v) is 12.3. The molecule has 5 rings (SSSR count). The molecule has 0 bridgehead atoms. The Kier molecular flexibility index (Phi) is 8.26. The Morgan fingerprint density at radius 3 is 2.42 bits per heavy atom. The van der Waals surface area contributed by atoms with Crippen molar-refractivity contribution in [3.63, 3.8) is 0 Å². The van der Waals surface area contributed by atoms with Gasteiger partial charge in [0.1, 0.15) is 5.75 Å². The summed E-state index contributed by atoms with van der Waals surface area (Å²) in [4.78, 5) is 45.2. The largest absolute Gasteiger partial charge is 0.478 e. The molecule has 3 amide bonds. The molecule has 3 heterocycles. The number of nitrogens with zero attached hydrogens (tertiary/aromatic N) is 4. The van der Waals surface area contributed by atoms with Gasteiger partial charge in [-0.2, -0.15) is 0 Å². The average Bonchev–Trinajstić information content (AvgIpc) is 2.96. The molecule has 2 saturated heterocycles. The average molecular weight is 614 g/mol. The minimum Gasteiger partial charge on any atom is -0.478 e. The summed E-state index contributed by atoms with van der Waals surface area (Å²) in [5.74, 6) is 0.590. The number of rotatable bonds is 5. The minimum absolute atomic E-state index is 0.0576. The van der Waals surface area contributed by atoms with Crippen LogP contribution in [0.15, 0.2) is 46.9 Å². The molecule has 10 heteroatoms. The van der Waals surface area contributed by atoms with Crippen molar-refractivity contribution in [3.05, 3.63) is 58.1 Å². The number of fused-ring (bicyclic) bond motifs is 1. The summed E-state index contributed by atoms with van der Waals surface area (Å²) < 4.78 is 7.28.